The highest BCUT2D eigenvalue weighted by Crippen LogP contribution is 2.24. The van der Waals surface area contributed by atoms with Gasteiger partial charge in [-0.1, -0.05) is 43.1 Å². The number of benzene rings is 1. The summed E-state index contributed by atoms with van der Waals surface area (Å²) in [6.45, 7) is 4.68. The van der Waals surface area contributed by atoms with Crippen LogP contribution in [0.4, 0.5) is 0 Å². The van der Waals surface area contributed by atoms with E-state index in [-0.39, 0.29) is 17.7 Å². The van der Waals surface area contributed by atoms with Crippen LogP contribution in [-0.2, 0) is 16.1 Å². The molecule has 1 aromatic rings. The van der Waals surface area contributed by atoms with Crippen LogP contribution in [0.3, 0.4) is 0 Å². The van der Waals surface area contributed by atoms with Crippen molar-refractivity contribution in [1.82, 2.24) is 10.2 Å². The van der Waals surface area contributed by atoms with Crippen molar-refractivity contribution in [2.75, 3.05) is 6.54 Å². The molecule has 1 unspecified atom stereocenters. The molecule has 0 aliphatic carbocycles. The van der Waals surface area contributed by atoms with Gasteiger partial charge in [0.05, 0.1) is 10.0 Å². The molecular formula is C15H18Cl2N2O2. The third-order valence-corrected chi connectivity index (χ3v) is 4.27. The van der Waals surface area contributed by atoms with Crippen LogP contribution in [0.2, 0.25) is 10.0 Å². The topological polar surface area (TPSA) is 49.4 Å². The standard InChI is InChI=1S/C15H18Cl2N2O2/c1-9(2)14-15(21)19(6-5-13(20)18-14)8-10-3-4-11(16)12(17)7-10/h3-4,7,9,14H,5-6,8H2,1-2H3,(H,18,20). The molecule has 2 rings (SSSR count). The molecule has 0 bridgehead atoms. The zero-order valence-electron chi connectivity index (χ0n) is 12.0. The van der Waals surface area contributed by atoms with Gasteiger partial charge in [-0.3, -0.25) is 9.59 Å². The summed E-state index contributed by atoms with van der Waals surface area (Å²) in [5, 5.41) is 3.74. The Bertz CT molecular complexity index is 561. The van der Waals surface area contributed by atoms with E-state index >= 15 is 0 Å². The number of halogens is 2. The number of nitrogens with zero attached hydrogens (tertiary/aromatic N) is 1. The highest BCUT2D eigenvalue weighted by molar-refractivity contribution is 6.42. The van der Waals surface area contributed by atoms with Gasteiger partial charge in [0.1, 0.15) is 6.04 Å². The second-order valence-corrected chi connectivity index (χ2v) is 6.36. The van der Waals surface area contributed by atoms with Crippen molar-refractivity contribution in [3.8, 4) is 0 Å². The van der Waals surface area contributed by atoms with Crippen LogP contribution in [-0.4, -0.2) is 29.3 Å². The predicted molar refractivity (Wildman–Crippen MR) is 83.3 cm³/mol. The van der Waals surface area contributed by atoms with Crippen LogP contribution in [0.25, 0.3) is 0 Å². The van der Waals surface area contributed by atoms with Gasteiger partial charge in [0.15, 0.2) is 0 Å². The van der Waals surface area contributed by atoms with E-state index in [4.69, 9.17) is 23.2 Å². The van der Waals surface area contributed by atoms with Crippen molar-refractivity contribution in [3.63, 3.8) is 0 Å². The van der Waals surface area contributed by atoms with Crippen LogP contribution in [0, 0.1) is 5.92 Å². The SMILES string of the molecule is CC(C)C1NC(=O)CCN(Cc2ccc(Cl)c(Cl)c2)C1=O. The Balaban J connectivity index is 2.18. The van der Waals surface area contributed by atoms with E-state index in [1.54, 1.807) is 17.0 Å². The summed E-state index contributed by atoms with van der Waals surface area (Å²) < 4.78 is 0. The van der Waals surface area contributed by atoms with Gasteiger partial charge in [-0.2, -0.15) is 0 Å². The Labute approximate surface area is 134 Å². The van der Waals surface area contributed by atoms with E-state index < -0.39 is 6.04 Å². The van der Waals surface area contributed by atoms with Gasteiger partial charge in [0.2, 0.25) is 11.8 Å². The first-order valence-electron chi connectivity index (χ1n) is 6.90. The molecule has 2 amide bonds. The normalized spacial score (nSPS) is 19.7. The summed E-state index contributed by atoms with van der Waals surface area (Å²) in [7, 11) is 0. The van der Waals surface area contributed by atoms with Crippen LogP contribution >= 0.6 is 23.2 Å². The quantitative estimate of drug-likeness (QED) is 0.927. The molecule has 114 valence electrons. The number of hydrogen-bond donors (Lipinski definition) is 1. The second kappa shape index (κ2) is 6.67. The number of rotatable bonds is 3. The summed E-state index contributed by atoms with van der Waals surface area (Å²) >= 11 is 11.9. The summed E-state index contributed by atoms with van der Waals surface area (Å²) in [6, 6.07) is 4.83. The van der Waals surface area contributed by atoms with E-state index in [1.165, 1.54) is 0 Å². The maximum Gasteiger partial charge on any atom is 0.245 e. The Hall–Kier alpha value is -1.26. The van der Waals surface area contributed by atoms with Gasteiger partial charge in [-0.15, -0.1) is 0 Å². The van der Waals surface area contributed by atoms with Crippen molar-refractivity contribution in [2.24, 2.45) is 5.92 Å². The third kappa shape index (κ3) is 3.89. The molecule has 21 heavy (non-hydrogen) atoms. The molecular weight excluding hydrogens is 311 g/mol. The number of carbonyl (C=O) groups excluding carboxylic acids is 2. The molecule has 1 aromatic carbocycles. The summed E-state index contributed by atoms with van der Waals surface area (Å²) in [5.74, 6) is -0.0866. The maximum atomic E-state index is 12.5. The smallest absolute Gasteiger partial charge is 0.245 e. The minimum absolute atomic E-state index is 0.0517. The minimum Gasteiger partial charge on any atom is -0.344 e. The van der Waals surface area contributed by atoms with Crippen molar-refractivity contribution >= 4 is 35.0 Å². The highest BCUT2D eigenvalue weighted by Gasteiger charge is 2.31. The van der Waals surface area contributed by atoms with Crippen molar-refractivity contribution in [1.29, 1.82) is 0 Å². The van der Waals surface area contributed by atoms with E-state index in [9.17, 15) is 9.59 Å². The number of carbonyl (C=O) groups is 2. The van der Waals surface area contributed by atoms with Gasteiger partial charge < -0.3 is 10.2 Å². The van der Waals surface area contributed by atoms with Crippen LogP contribution in [0.5, 0.6) is 0 Å². The van der Waals surface area contributed by atoms with Crippen LogP contribution in [0.15, 0.2) is 18.2 Å². The van der Waals surface area contributed by atoms with Gasteiger partial charge in [0.25, 0.3) is 0 Å². The van der Waals surface area contributed by atoms with E-state index in [2.05, 4.69) is 5.32 Å². The van der Waals surface area contributed by atoms with E-state index in [0.717, 1.165) is 5.56 Å². The zero-order valence-corrected chi connectivity index (χ0v) is 13.5. The molecule has 1 saturated heterocycles. The minimum atomic E-state index is -0.470. The lowest BCUT2D eigenvalue weighted by molar-refractivity contribution is -0.135. The van der Waals surface area contributed by atoms with E-state index in [0.29, 0.717) is 29.6 Å². The maximum absolute atomic E-state index is 12.5. The fourth-order valence-corrected chi connectivity index (χ4v) is 2.64. The molecule has 0 saturated carbocycles. The Morgan fingerprint density at radius 3 is 2.62 bits per heavy atom. The predicted octanol–water partition coefficient (Wildman–Crippen LogP) is 2.87. The lowest BCUT2D eigenvalue weighted by Gasteiger charge is -2.26. The number of amides is 2. The first-order chi connectivity index (χ1) is 9.88. The summed E-state index contributed by atoms with van der Waals surface area (Å²) in [6.07, 6.45) is 0.316. The van der Waals surface area contributed by atoms with Gasteiger partial charge in [-0.05, 0) is 23.6 Å². The van der Waals surface area contributed by atoms with Gasteiger partial charge in [-0.25, -0.2) is 0 Å². The molecule has 1 atom stereocenters. The fourth-order valence-electron chi connectivity index (χ4n) is 2.32. The lowest BCUT2D eigenvalue weighted by Crippen LogP contribution is -2.47. The third-order valence-electron chi connectivity index (χ3n) is 3.53. The highest BCUT2D eigenvalue weighted by atomic mass is 35.5. The molecule has 0 aromatic heterocycles. The molecule has 1 fully saturated rings. The van der Waals surface area contributed by atoms with Crippen molar-refractivity contribution in [2.45, 2.75) is 32.9 Å². The molecule has 1 aliphatic heterocycles. The average Bonchev–Trinajstić information content (AvgIpc) is 2.56. The van der Waals surface area contributed by atoms with Crippen LogP contribution in [0.1, 0.15) is 25.8 Å². The lowest BCUT2D eigenvalue weighted by atomic mass is 10.0. The molecule has 1 N–H and O–H groups in total. The average molecular weight is 329 g/mol. The summed E-state index contributed by atoms with van der Waals surface area (Å²) in [4.78, 5) is 25.9. The van der Waals surface area contributed by atoms with Crippen molar-refractivity contribution in [3.05, 3.63) is 33.8 Å². The second-order valence-electron chi connectivity index (χ2n) is 5.55. The molecule has 1 aliphatic rings. The molecule has 0 spiro atoms. The fraction of sp³-hybridized carbons (Fsp3) is 0.467. The number of nitrogens with one attached hydrogen (secondary N) is 1. The molecule has 0 radical (unpaired) electrons. The molecule has 6 heteroatoms. The van der Waals surface area contributed by atoms with Gasteiger partial charge >= 0.3 is 0 Å². The van der Waals surface area contributed by atoms with Crippen molar-refractivity contribution < 1.29 is 9.59 Å². The Morgan fingerprint density at radius 1 is 1.29 bits per heavy atom. The Morgan fingerprint density at radius 2 is 2.00 bits per heavy atom. The summed E-state index contributed by atoms with van der Waals surface area (Å²) in [5.41, 5.74) is 0.898. The largest absolute Gasteiger partial charge is 0.344 e. The molecule has 4 nitrogen and oxygen atoms in total. The number of hydrogen-bond acceptors (Lipinski definition) is 2. The first kappa shape index (κ1) is 16.1. The monoisotopic (exact) mass is 328 g/mol. The first-order valence-corrected chi connectivity index (χ1v) is 7.66. The molecule has 1 heterocycles. The van der Waals surface area contributed by atoms with Crippen LogP contribution < -0.4 is 5.32 Å². The van der Waals surface area contributed by atoms with E-state index in [1.807, 2.05) is 19.9 Å². The Kier molecular flexibility index (Phi) is 5.12. The zero-order chi connectivity index (χ0) is 15.6. The van der Waals surface area contributed by atoms with Gasteiger partial charge in [0, 0.05) is 19.5 Å².